The molecule has 38 heavy (non-hydrogen) atoms. The van der Waals surface area contributed by atoms with Crippen molar-refractivity contribution < 1.29 is 19.0 Å². The molecule has 2 aromatic carbocycles. The molecule has 0 heterocycles. The van der Waals surface area contributed by atoms with Gasteiger partial charge in [-0.05, 0) is 76.2 Å². The van der Waals surface area contributed by atoms with Gasteiger partial charge in [-0.15, -0.1) is 0 Å². The summed E-state index contributed by atoms with van der Waals surface area (Å²) in [6.45, 7) is 16.0. The number of carbonyl (C=O) groups excluding carboxylic acids is 1. The zero-order chi connectivity index (χ0) is 28.1. The Morgan fingerprint density at radius 1 is 1.13 bits per heavy atom. The van der Waals surface area contributed by atoms with Gasteiger partial charge in [0.25, 0.3) is 0 Å². The Morgan fingerprint density at radius 3 is 2.47 bits per heavy atom. The molecule has 0 radical (unpaired) electrons. The van der Waals surface area contributed by atoms with Crippen molar-refractivity contribution in [3.8, 4) is 5.75 Å². The van der Waals surface area contributed by atoms with E-state index < -0.39 is 11.7 Å². The van der Waals surface area contributed by atoms with Crippen molar-refractivity contribution in [2.45, 2.75) is 39.9 Å². The predicted molar refractivity (Wildman–Crippen MR) is 153 cm³/mol. The third kappa shape index (κ3) is 11.1. The highest BCUT2D eigenvalue weighted by Crippen LogP contribution is 2.20. The molecule has 0 saturated carbocycles. The molecule has 0 fully saturated rings. The van der Waals surface area contributed by atoms with Gasteiger partial charge in [0, 0.05) is 18.4 Å². The lowest BCUT2D eigenvalue weighted by Crippen LogP contribution is -2.42. The first-order chi connectivity index (χ1) is 18.0. The fourth-order valence-corrected chi connectivity index (χ4v) is 3.02. The maximum atomic E-state index is 12.2. The Balaban J connectivity index is 2.07. The molecule has 2 aromatic rings. The maximum absolute atomic E-state index is 12.2. The van der Waals surface area contributed by atoms with Crippen LogP contribution in [0.4, 0.5) is 16.2 Å². The van der Waals surface area contributed by atoms with Crippen LogP contribution in [0.2, 0.25) is 0 Å². The van der Waals surface area contributed by atoms with Crippen LogP contribution in [0.15, 0.2) is 90.4 Å². The number of rotatable bonds is 11. The van der Waals surface area contributed by atoms with Crippen molar-refractivity contribution in [2.24, 2.45) is 4.99 Å². The summed E-state index contributed by atoms with van der Waals surface area (Å²) >= 11 is 0. The Labute approximate surface area is 225 Å². The van der Waals surface area contributed by atoms with E-state index >= 15 is 0 Å². The molecule has 0 atom stereocenters. The first kappa shape index (κ1) is 29.8. The number of nitrogens with zero attached hydrogens (tertiary/aromatic N) is 2. The number of hydrogen-bond donors (Lipinski definition) is 3. The van der Waals surface area contributed by atoms with Crippen LogP contribution in [0.1, 0.15) is 33.3 Å². The third-order valence-corrected chi connectivity index (χ3v) is 4.81. The average Bonchev–Trinajstić information content (AvgIpc) is 2.85. The van der Waals surface area contributed by atoms with E-state index in [1.807, 2.05) is 82.1 Å². The van der Waals surface area contributed by atoms with E-state index in [4.69, 9.17) is 19.2 Å². The third-order valence-electron chi connectivity index (χ3n) is 4.81. The van der Waals surface area contributed by atoms with Crippen LogP contribution in [-0.2, 0) is 16.1 Å². The van der Waals surface area contributed by atoms with Gasteiger partial charge in [-0.1, -0.05) is 30.9 Å². The molecular weight excluding hydrogens is 482 g/mol. The van der Waals surface area contributed by atoms with Crippen LogP contribution in [0.25, 0.3) is 0 Å². The number of aliphatic imine (C=N–C) groups is 1. The number of carbonyl (C=O) groups is 1. The molecule has 0 aliphatic carbocycles. The normalized spacial score (nSPS) is 11.5. The largest absolute Gasteiger partial charge is 0.497 e. The molecule has 204 valence electrons. The first-order valence-corrected chi connectivity index (χ1v) is 12.2. The van der Waals surface area contributed by atoms with Gasteiger partial charge < -0.3 is 29.7 Å². The molecule has 9 nitrogen and oxygen atoms in total. The summed E-state index contributed by atoms with van der Waals surface area (Å²) in [5, 5.41) is 9.09. The van der Waals surface area contributed by atoms with Gasteiger partial charge in [0.2, 0.25) is 5.96 Å². The zero-order valence-corrected chi connectivity index (χ0v) is 23.1. The van der Waals surface area contributed by atoms with Crippen LogP contribution in [-0.4, -0.2) is 43.4 Å². The molecule has 0 saturated heterocycles. The number of allylic oxidation sites excluding steroid dienone is 2. The van der Waals surface area contributed by atoms with Crippen molar-refractivity contribution in [1.82, 2.24) is 15.5 Å². The molecule has 2 rings (SSSR count). The predicted octanol–water partition coefficient (Wildman–Crippen LogP) is 5.88. The monoisotopic (exact) mass is 521 g/mol. The van der Waals surface area contributed by atoms with Gasteiger partial charge in [-0.25, -0.2) is 9.79 Å². The number of ether oxygens (including phenoxy) is 3. The van der Waals surface area contributed by atoms with Crippen molar-refractivity contribution in [2.75, 3.05) is 26.1 Å². The summed E-state index contributed by atoms with van der Waals surface area (Å²) < 4.78 is 16.3. The number of nitrogens with one attached hydrogen (secondary N) is 3. The standard InChI is InChI=1S/C29H39N5O4/c1-9-11-21(2)31-27(32-24-12-10-13-25(18-24)33-28(35)38-29(4,5)6)34(7)20-30-22(3)37-19-23-14-16-26(36-8)17-15-23/h9-18,30H,2-3,19-20H2,1,4-8H3,(H,31,32)(H,33,35)/b11-9-. The van der Waals surface area contributed by atoms with Crippen molar-refractivity contribution in [3.63, 3.8) is 0 Å². The van der Waals surface area contributed by atoms with Crippen LogP contribution in [0.5, 0.6) is 5.75 Å². The minimum Gasteiger partial charge on any atom is -0.497 e. The molecule has 0 unspecified atom stereocenters. The Bertz CT molecular complexity index is 1150. The van der Waals surface area contributed by atoms with Gasteiger partial charge in [-0.3, -0.25) is 5.32 Å². The van der Waals surface area contributed by atoms with Crippen LogP contribution in [0, 0.1) is 0 Å². The highest BCUT2D eigenvalue weighted by atomic mass is 16.6. The molecule has 0 aliphatic rings. The zero-order valence-electron chi connectivity index (χ0n) is 23.1. The number of guanidine groups is 1. The summed E-state index contributed by atoms with van der Waals surface area (Å²) in [6.07, 6.45) is 3.19. The van der Waals surface area contributed by atoms with Crippen LogP contribution in [0.3, 0.4) is 0 Å². The van der Waals surface area contributed by atoms with E-state index in [2.05, 4.69) is 29.1 Å². The minimum atomic E-state index is -0.595. The highest BCUT2D eigenvalue weighted by Gasteiger charge is 2.16. The van der Waals surface area contributed by atoms with Crippen LogP contribution >= 0.6 is 0 Å². The number of anilines is 1. The Hall–Kier alpha value is -4.40. The van der Waals surface area contributed by atoms with Crippen molar-refractivity contribution >= 4 is 23.4 Å². The number of hydrogen-bond acceptors (Lipinski definition) is 6. The Morgan fingerprint density at radius 2 is 1.84 bits per heavy atom. The molecule has 3 N–H and O–H groups in total. The molecule has 0 aliphatic heterocycles. The molecule has 0 bridgehead atoms. The highest BCUT2D eigenvalue weighted by molar-refractivity contribution is 5.87. The maximum Gasteiger partial charge on any atom is 0.412 e. The topological polar surface area (TPSA) is 96.5 Å². The quantitative estimate of drug-likeness (QED) is 0.112. The number of benzene rings is 2. The molecule has 1 amide bonds. The first-order valence-electron chi connectivity index (χ1n) is 12.2. The lowest BCUT2D eigenvalue weighted by molar-refractivity contribution is 0.0636. The van der Waals surface area contributed by atoms with E-state index in [-0.39, 0.29) is 0 Å². The SMILES string of the molecule is C=C(/C=C\C)NC(=Nc1cccc(NC(=O)OC(C)(C)C)c1)N(C)CNC(=C)OCc1ccc(OC)cc1. The summed E-state index contributed by atoms with van der Waals surface area (Å²) in [4.78, 5) is 18.8. The second-order valence-electron chi connectivity index (χ2n) is 9.36. The average molecular weight is 522 g/mol. The van der Waals surface area contributed by atoms with Crippen LogP contribution < -0.4 is 20.7 Å². The number of amides is 1. The van der Waals surface area contributed by atoms with Crippen molar-refractivity contribution in [1.29, 1.82) is 0 Å². The summed E-state index contributed by atoms with van der Waals surface area (Å²) in [5.41, 5.74) is 2.25. The van der Waals surface area contributed by atoms with Gasteiger partial charge in [0.1, 0.15) is 18.0 Å². The van der Waals surface area contributed by atoms with Gasteiger partial charge in [-0.2, -0.15) is 0 Å². The van der Waals surface area contributed by atoms with E-state index in [0.717, 1.165) is 11.3 Å². The van der Waals surface area contributed by atoms with Crippen molar-refractivity contribution in [3.05, 3.63) is 91.0 Å². The lowest BCUT2D eigenvalue weighted by Gasteiger charge is -2.24. The van der Waals surface area contributed by atoms with E-state index in [0.29, 0.717) is 42.2 Å². The molecular formula is C29H39N5O4. The number of methoxy groups -OCH3 is 1. The molecule has 0 aromatic heterocycles. The summed E-state index contributed by atoms with van der Waals surface area (Å²) in [6, 6.07) is 14.8. The van der Waals surface area contributed by atoms with Gasteiger partial charge in [0.15, 0.2) is 5.88 Å². The molecule has 9 heteroatoms. The van der Waals surface area contributed by atoms with E-state index in [1.165, 1.54) is 0 Å². The summed E-state index contributed by atoms with van der Waals surface area (Å²) in [5.74, 6) is 1.73. The Kier molecular flexibility index (Phi) is 11.3. The van der Waals surface area contributed by atoms with E-state index in [9.17, 15) is 4.79 Å². The molecule has 0 spiro atoms. The van der Waals surface area contributed by atoms with Gasteiger partial charge >= 0.3 is 6.09 Å². The minimum absolute atomic E-state index is 0.353. The second kappa shape index (κ2) is 14.4. The van der Waals surface area contributed by atoms with Gasteiger partial charge in [0.05, 0.1) is 19.5 Å². The second-order valence-corrected chi connectivity index (χ2v) is 9.36. The lowest BCUT2D eigenvalue weighted by atomic mass is 10.2. The van der Waals surface area contributed by atoms with E-state index in [1.54, 1.807) is 25.3 Å². The summed E-state index contributed by atoms with van der Waals surface area (Å²) in [7, 11) is 3.49. The fourth-order valence-electron chi connectivity index (χ4n) is 3.02. The smallest absolute Gasteiger partial charge is 0.412 e. The fraction of sp³-hybridized carbons (Fsp3) is 0.310.